The van der Waals surface area contributed by atoms with Gasteiger partial charge in [-0.25, -0.2) is 4.79 Å². The zero-order chi connectivity index (χ0) is 20.2. The van der Waals surface area contributed by atoms with Crippen molar-refractivity contribution in [1.29, 1.82) is 0 Å². The molecule has 0 spiro atoms. The van der Waals surface area contributed by atoms with Gasteiger partial charge in [0.25, 0.3) is 0 Å². The van der Waals surface area contributed by atoms with Crippen molar-refractivity contribution in [3.8, 4) is 0 Å². The highest BCUT2D eigenvalue weighted by Gasteiger charge is 2.64. The molecule has 27 heavy (non-hydrogen) atoms. The molecule has 1 aliphatic rings. The number of ether oxygens (including phenoxy) is 3. The summed E-state index contributed by atoms with van der Waals surface area (Å²) in [5, 5.41) is 11.0. The first-order chi connectivity index (χ1) is 12.6. The number of benzene rings is 1. The molecule has 1 heterocycles. The van der Waals surface area contributed by atoms with Crippen molar-refractivity contribution < 1.29 is 28.3 Å². The van der Waals surface area contributed by atoms with Gasteiger partial charge in [0.15, 0.2) is 5.79 Å². The summed E-state index contributed by atoms with van der Waals surface area (Å²) in [5.74, 6) is -1.58. The molecule has 1 aromatic carbocycles. The maximum Gasteiger partial charge on any atom is 0.344 e. The van der Waals surface area contributed by atoms with Gasteiger partial charge in [0.1, 0.15) is 6.10 Å². The fourth-order valence-corrected chi connectivity index (χ4v) is 4.57. The van der Waals surface area contributed by atoms with Gasteiger partial charge in [-0.15, -0.1) is 0 Å². The number of hydrogen-bond donors (Lipinski definition) is 1. The number of rotatable bonds is 8. The van der Waals surface area contributed by atoms with Gasteiger partial charge in [-0.3, -0.25) is 4.21 Å². The largest absolute Gasteiger partial charge is 0.464 e. The maximum atomic E-state index is 12.9. The highest BCUT2D eigenvalue weighted by molar-refractivity contribution is 7.85. The van der Waals surface area contributed by atoms with E-state index in [0.29, 0.717) is 4.90 Å². The van der Waals surface area contributed by atoms with E-state index in [0.717, 1.165) is 0 Å². The predicted molar refractivity (Wildman–Crippen MR) is 103 cm³/mol. The second-order valence-electron chi connectivity index (χ2n) is 7.47. The average molecular weight is 399 g/mol. The summed E-state index contributed by atoms with van der Waals surface area (Å²) >= 11 is 0. The lowest BCUT2D eigenvalue weighted by Crippen LogP contribution is -2.59. The molecule has 7 heteroatoms. The number of aliphatic hydroxyl groups is 1. The molecular formula is C20H30O6S. The minimum absolute atomic E-state index is 0.0922. The third-order valence-electron chi connectivity index (χ3n) is 4.53. The van der Waals surface area contributed by atoms with Crippen LogP contribution >= 0.6 is 0 Å². The lowest BCUT2D eigenvalue weighted by molar-refractivity contribution is -0.207. The van der Waals surface area contributed by atoms with Crippen LogP contribution in [0.15, 0.2) is 35.2 Å². The molecule has 0 aliphatic carbocycles. The van der Waals surface area contributed by atoms with Gasteiger partial charge in [0.2, 0.25) is 5.60 Å². The van der Waals surface area contributed by atoms with Gasteiger partial charge in [0.05, 0.1) is 23.5 Å². The van der Waals surface area contributed by atoms with Crippen LogP contribution in [0, 0.1) is 5.92 Å². The summed E-state index contributed by atoms with van der Waals surface area (Å²) in [7, 11) is -1.29. The fraction of sp³-hybridized carbons (Fsp3) is 0.650. The van der Waals surface area contributed by atoms with Crippen molar-refractivity contribution in [3.63, 3.8) is 0 Å². The summed E-state index contributed by atoms with van der Waals surface area (Å²) in [6.45, 7) is 9.08. The maximum absolute atomic E-state index is 12.9. The SMILES string of the molecule is CCOC(=O)C1(C(O)CCS(=O)c2ccccc2)OC(C)(C)OC1C(C)C. The lowest BCUT2D eigenvalue weighted by atomic mass is 9.83. The Balaban J connectivity index is 2.25. The molecule has 1 fully saturated rings. The molecule has 1 aromatic rings. The van der Waals surface area contributed by atoms with Crippen LogP contribution in [0.25, 0.3) is 0 Å². The van der Waals surface area contributed by atoms with Gasteiger partial charge in [-0.05, 0) is 45.2 Å². The highest BCUT2D eigenvalue weighted by atomic mass is 32.2. The second-order valence-corrected chi connectivity index (χ2v) is 9.04. The van der Waals surface area contributed by atoms with E-state index in [-0.39, 0.29) is 24.7 Å². The number of aliphatic hydroxyl groups excluding tert-OH is 1. The molecule has 4 unspecified atom stereocenters. The Kier molecular flexibility index (Phi) is 7.19. The number of carbonyl (C=O) groups excluding carboxylic acids is 1. The third-order valence-corrected chi connectivity index (χ3v) is 5.93. The van der Waals surface area contributed by atoms with Crippen molar-refractivity contribution >= 4 is 16.8 Å². The highest BCUT2D eigenvalue weighted by Crippen LogP contribution is 2.43. The second kappa shape index (κ2) is 8.82. The predicted octanol–water partition coefficient (Wildman–Crippen LogP) is 2.65. The number of carbonyl (C=O) groups is 1. The normalized spacial score (nSPS) is 26.7. The Morgan fingerprint density at radius 3 is 2.48 bits per heavy atom. The molecule has 0 saturated carbocycles. The fourth-order valence-electron chi connectivity index (χ4n) is 3.43. The molecule has 1 saturated heterocycles. The van der Waals surface area contributed by atoms with E-state index >= 15 is 0 Å². The van der Waals surface area contributed by atoms with Crippen molar-refractivity contribution in [2.24, 2.45) is 5.92 Å². The number of hydrogen-bond acceptors (Lipinski definition) is 6. The average Bonchev–Trinajstić information content (AvgIpc) is 2.93. The van der Waals surface area contributed by atoms with Crippen LogP contribution in [-0.2, 0) is 29.8 Å². The van der Waals surface area contributed by atoms with E-state index in [9.17, 15) is 14.1 Å². The standard InChI is InChI=1S/C20H30O6S/c1-6-24-18(22)20(17(14(2)3)25-19(4,5)26-20)16(21)12-13-27(23)15-10-8-7-9-11-15/h7-11,14,16-17,21H,6,12-13H2,1-5H3. The zero-order valence-corrected chi connectivity index (χ0v) is 17.5. The van der Waals surface area contributed by atoms with Gasteiger partial charge in [-0.1, -0.05) is 32.0 Å². The first-order valence-corrected chi connectivity index (χ1v) is 10.6. The van der Waals surface area contributed by atoms with Crippen LogP contribution in [0.5, 0.6) is 0 Å². The van der Waals surface area contributed by atoms with Crippen molar-refractivity contribution in [2.45, 2.75) is 69.5 Å². The van der Waals surface area contributed by atoms with Crippen LogP contribution in [0.1, 0.15) is 41.0 Å². The number of esters is 1. The third kappa shape index (κ3) is 4.77. The Bertz CT molecular complexity index is 660. The van der Waals surface area contributed by atoms with Crippen molar-refractivity contribution in [1.82, 2.24) is 0 Å². The molecule has 0 radical (unpaired) electrons. The first-order valence-electron chi connectivity index (χ1n) is 9.30. The molecule has 6 nitrogen and oxygen atoms in total. The minimum atomic E-state index is -1.64. The van der Waals surface area contributed by atoms with Gasteiger partial charge in [-0.2, -0.15) is 0 Å². The van der Waals surface area contributed by atoms with Gasteiger partial charge in [0, 0.05) is 10.6 Å². The molecule has 0 bridgehead atoms. The molecule has 0 amide bonds. The van der Waals surface area contributed by atoms with Crippen molar-refractivity contribution in [3.05, 3.63) is 30.3 Å². The van der Waals surface area contributed by atoms with Gasteiger partial charge < -0.3 is 19.3 Å². The van der Waals surface area contributed by atoms with Crippen molar-refractivity contribution in [2.75, 3.05) is 12.4 Å². The van der Waals surface area contributed by atoms with E-state index in [1.807, 2.05) is 32.0 Å². The minimum Gasteiger partial charge on any atom is -0.464 e. The van der Waals surface area contributed by atoms with Crippen LogP contribution in [0.3, 0.4) is 0 Å². The van der Waals surface area contributed by atoms with Gasteiger partial charge >= 0.3 is 5.97 Å². The van der Waals surface area contributed by atoms with Crippen LogP contribution < -0.4 is 0 Å². The Hall–Kier alpha value is -1.28. The van der Waals surface area contributed by atoms with E-state index in [1.54, 1.807) is 32.9 Å². The zero-order valence-electron chi connectivity index (χ0n) is 16.6. The van der Waals surface area contributed by atoms with Crippen LogP contribution in [0.4, 0.5) is 0 Å². The molecular weight excluding hydrogens is 368 g/mol. The first kappa shape index (κ1) is 22.0. The Morgan fingerprint density at radius 2 is 1.93 bits per heavy atom. The monoisotopic (exact) mass is 398 g/mol. The Morgan fingerprint density at radius 1 is 1.30 bits per heavy atom. The van der Waals surface area contributed by atoms with Crippen LogP contribution in [0.2, 0.25) is 0 Å². The summed E-state index contributed by atoms with van der Waals surface area (Å²) in [6, 6.07) is 9.03. The van der Waals surface area contributed by atoms with E-state index in [1.165, 1.54) is 0 Å². The Labute approximate surface area is 163 Å². The molecule has 1 aliphatic heterocycles. The topological polar surface area (TPSA) is 82.1 Å². The summed E-state index contributed by atoms with van der Waals surface area (Å²) in [6.07, 6.45) is -1.77. The molecule has 4 atom stereocenters. The molecule has 152 valence electrons. The van der Waals surface area contributed by atoms with Crippen LogP contribution in [-0.4, -0.2) is 51.2 Å². The lowest BCUT2D eigenvalue weighted by Gasteiger charge is -2.36. The quantitative estimate of drug-likeness (QED) is 0.678. The molecule has 1 N–H and O–H groups in total. The summed E-state index contributed by atoms with van der Waals surface area (Å²) in [4.78, 5) is 13.5. The van der Waals surface area contributed by atoms with E-state index < -0.39 is 40.4 Å². The molecule has 0 aromatic heterocycles. The summed E-state index contributed by atoms with van der Waals surface area (Å²) < 4.78 is 29.7. The smallest absolute Gasteiger partial charge is 0.344 e. The summed E-state index contributed by atoms with van der Waals surface area (Å²) in [5.41, 5.74) is -1.64. The molecule has 2 rings (SSSR count). The van der Waals surface area contributed by atoms with E-state index in [2.05, 4.69) is 0 Å². The van der Waals surface area contributed by atoms with E-state index in [4.69, 9.17) is 14.2 Å².